The molecule has 2 saturated heterocycles. The van der Waals surface area contributed by atoms with Crippen LogP contribution in [0.5, 0.6) is 40.2 Å². The number of carbonyl (C=O) groups excluding carboxylic acids is 2. The Kier molecular flexibility index (Phi) is 7.95. The molecule has 3 aromatic carbocycles. The molecule has 7 aliphatic rings. The van der Waals surface area contributed by atoms with Gasteiger partial charge in [0.2, 0.25) is 6.79 Å². The second kappa shape index (κ2) is 12.3. The molecule has 1 unspecified atom stereocenters. The zero-order valence-electron chi connectivity index (χ0n) is 30.4. The van der Waals surface area contributed by atoms with Crippen molar-refractivity contribution < 1.29 is 48.6 Å². The number of piperazine rings is 1. The van der Waals surface area contributed by atoms with Gasteiger partial charge in [0, 0.05) is 53.6 Å². The van der Waals surface area contributed by atoms with Gasteiger partial charge in [-0.3, -0.25) is 19.9 Å². The fourth-order valence-corrected chi connectivity index (χ4v) is 11.6. The summed E-state index contributed by atoms with van der Waals surface area (Å²) in [5.74, 6) is -0.0274. The van der Waals surface area contributed by atoms with Crippen LogP contribution < -0.4 is 24.3 Å². The topological polar surface area (TPSA) is 183 Å². The fraction of sp³-hybridized carbons (Fsp3) is 0.462. The molecule has 1 spiro atoms. The van der Waals surface area contributed by atoms with E-state index in [9.17, 15) is 30.2 Å². The van der Waals surface area contributed by atoms with E-state index in [-0.39, 0.29) is 48.2 Å². The number of aromatic hydroxyl groups is 3. The SMILES string of the molecule is COc1cc2c(cc1O)CCN[C@]21CS[C@@H]2c3c(OC(C)=O)c(C)c4c(c3[C@@H](COC1=O)N1C2[C@H]2c3c(cc(C)c(O)c3O)C[C@H]([C@@H]1C#N)N2C)OCO4. The molecule has 0 aliphatic carbocycles. The van der Waals surface area contributed by atoms with Crippen LogP contribution in [0.3, 0.4) is 0 Å². The highest BCUT2D eigenvalue weighted by atomic mass is 32.2. The van der Waals surface area contributed by atoms with Gasteiger partial charge in [-0.05, 0) is 68.1 Å². The van der Waals surface area contributed by atoms with Gasteiger partial charge in [-0.15, -0.1) is 11.8 Å². The number of ether oxygens (including phenoxy) is 5. The smallest absolute Gasteiger partial charge is 0.331 e. The Labute approximate surface area is 315 Å². The van der Waals surface area contributed by atoms with Gasteiger partial charge in [-0.2, -0.15) is 5.26 Å². The van der Waals surface area contributed by atoms with Crippen LogP contribution in [-0.4, -0.2) is 95.0 Å². The van der Waals surface area contributed by atoms with Crippen molar-refractivity contribution >= 4 is 23.7 Å². The first-order valence-electron chi connectivity index (χ1n) is 17.9. The number of thioether (sulfide) groups is 1. The number of aryl methyl sites for hydroxylation is 1. The molecule has 4 N–H and O–H groups in total. The molecule has 0 saturated carbocycles. The van der Waals surface area contributed by atoms with Gasteiger partial charge in [0.25, 0.3) is 0 Å². The molecule has 15 heteroatoms. The second-order valence-electron chi connectivity index (χ2n) is 14.9. The summed E-state index contributed by atoms with van der Waals surface area (Å²) >= 11 is 1.44. The highest BCUT2D eigenvalue weighted by molar-refractivity contribution is 7.99. The first kappa shape index (κ1) is 34.9. The van der Waals surface area contributed by atoms with Crippen LogP contribution in [0.25, 0.3) is 0 Å². The number of carbonyl (C=O) groups is 2. The quantitative estimate of drug-likeness (QED) is 0.169. The maximum absolute atomic E-state index is 14.7. The van der Waals surface area contributed by atoms with Crippen molar-refractivity contribution in [3.05, 3.63) is 62.7 Å². The molecule has 10 rings (SSSR count). The summed E-state index contributed by atoms with van der Waals surface area (Å²) < 4.78 is 30.2. The Hall–Kier alpha value is -4.88. The predicted octanol–water partition coefficient (Wildman–Crippen LogP) is 3.68. The van der Waals surface area contributed by atoms with Crippen LogP contribution in [-0.2, 0) is 32.7 Å². The lowest BCUT2D eigenvalue weighted by Gasteiger charge is -2.62. The number of methoxy groups -OCH3 is 1. The molecule has 7 aliphatic heterocycles. The highest BCUT2D eigenvalue weighted by Gasteiger charge is 2.61. The van der Waals surface area contributed by atoms with E-state index in [2.05, 4.69) is 21.2 Å². The minimum absolute atomic E-state index is 0.0352. The largest absolute Gasteiger partial charge is 0.504 e. The Morgan fingerprint density at radius 2 is 1.85 bits per heavy atom. The molecule has 54 heavy (non-hydrogen) atoms. The third kappa shape index (κ3) is 4.63. The summed E-state index contributed by atoms with van der Waals surface area (Å²) in [7, 11) is 3.39. The summed E-state index contributed by atoms with van der Waals surface area (Å²) in [5.41, 5.74) is 3.79. The van der Waals surface area contributed by atoms with Crippen molar-refractivity contribution in [2.24, 2.45) is 0 Å². The summed E-state index contributed by atoms with van der Waals surface area (Å²) in [6.45, 7) is 5.03. The molecule has 0 radical (unpaired) electrons. The standard InChI is InChI=1S/C39H40N4O10S/c1-16-8-20-9-22-23(12-40)43-24-13-50-38(48)39(21-11-26(49-5)25(45)10-19(21)6-7-41-39)14-54-37(31(43)30(42(22)4)27(20)33(47)32(16)46)29-28(24)36-35(51-15-52-36)17(2)34(29)53-18(3)44/h8,10-11,22-24,30-31,37,41,45-47H,6-7,9,13-15H2,1-5H3/t22-,23+,24-,30-,31?,37-,39-/m1/s1. The fourth-order valence-electron chi connectivity index (χ4n) is 9.94. The number of nitrogens with zero attached hydrogens (tertiary/aromatic N) is 3. The maximum atomic E-state index is 14.7. The number of phenolic OH excluding ortho intramolecular Hbond substituents is 3. The van der Waals surface area contributed by atoms with Crippen molar-refractivity contribution in [2.75, 3.05) is 39.9 Å². The minimum Gasteiger partial charge on any atom is -0.504 e. The number of fused-ring (bicyclic) bond motifs is 9. The Bertz CT molecular complexity index is 2210. The molecule has 0 aromatic heterocycles. The first-order chi connectivity index (χ1) is 25.9. The summed E-state index contributed by atoms with van der Waals surface area (Å²) in [4.78, 5) is 31.8. The minimum atomic E-state index is -1.38. The zero-order valence-corrected chi connectivity index (χ0v) is 31.2. The van der Waals surface area contributed by atoms with E-state index in [0.29, 0.717) is 70.0 Å². The van der Waals surface area contributed by atoms with Crippen molar-refractivity contribution in [1.29, 1.82) is 5.26 Å². The average molecular weight is 757 g/mol. The van der Waals surface area contributed by atoms with Gasteiger partial charge in [0.05, 0.1) is 30.5 Å². The number of esters is 2. The average Bonchev–Trinajstić information content (AvgIpc) is 3.64. The number of benzene rings is 3. The van der Waals surface area contributed by atoms with E-state index >= 15 is 0 Å². The van der Waals surface area contributed by atoms with E-state index in [1.807, 2.05) is 20.0 Å². The Morgan fingerprint density at radius 3 is 2.59 bits per heavy atom. The third-order valence-electron chi connectivity index (χ3n) is 12.3. The van der Waals surface area contributed by atoms with Gasteiger partial charge in [-0.1, -0.05) is 6.07 Å². The number of likely N-dealkylation sites (N-methyl/N-ethyl adjacent to an activating group) is 1. The number of hydrogen-bond acceptors (Lipinski definition) is 15. The zero-order chi connectivity index (χ0) is 38.0. The second-order valence-corrected chi connectivity index (χ2v) is 16.0. The number of phenols is 3. The van der Waals surface area contributed by atoms with Crippen LogP contribution in [0.4, 0.5) is 0 Å². The normalized spacial score (nSPS) is 29.3. The van der Waals surface area contributed by atoms with Gasteiger partial charge >= 0.3 is 11.9 Å². The molecule has 0 amide bonds. The molecular formula is C39H40N4O10S. The number of rotatable bonds is 2. The van der Waals surface area contributed by atoms with Gasteiger partial charge in [-0.25, -0.2) is 4.79 Å². The molecule has 14 nitrogen and oxygen atoms in total. The summed E-state index contributed by atoms with van der Waals surface area (Å²) in [6.07, 6.45) is 0.979. The van der Waals surface area contributed by atoms with Gasteiger partial charge in [0.1, 0.15) is 18.4 Å². The first-order valence-corrected chi connectivity index (χ1v) is 19.0. The number of nitrogens with one attached hydrogen (secondary N) is 1. The number of nitriles is 1. The monoisotopic (exact) mass is 756 g/mol. The van der Waals surface area contributed by atoms with Gasteiger partial charge in [0.15, 0.2) is 40.0 Å². The van der Waals surface area contributed by atoms with Crippen LogP contribution in [0.15, 0.2) is 18.2 Å². The van der Waals surface area contributed by atoms with E-state index in [1.165, 1.54) is 25.8 Å². The Morgan fingerprint density at radius 1 is 1.07 bits per heavy atom. The van der Waals surface area contributed by atoms with E-state index in [4.69, 9.17) is 23.7 Å². The number of hydrogen-bond donors (Lipinski definition) is 4. The molecular weight excluding hydrogens is 717 g/mol. The lowest BCUT2D eigenvalue weighted by molar-refractivity contribution is -0.157. The summed E-state index contributed by atoms with van der Waals surface area (Å²) in [6, 6.07) is 4.81. The molecule has 3 aromatic rings. The lowest BCUT2D eigenvalue weighted by Crippen LogP contribution is -2.69. The van der Waals surface area contributed by atoms with Crippen LogP contribution >= 0.6 is 11.8 Å². The van der Waals surface area contributed by atoms with Crippen molar-refractivity contribution in [2.45, 2.75) is 74.6 Å². The summed E-state index contributed by atoms with van der Waals surface area (Å²) in [5, 5.41) is 47.5. The van der Waals surface area contributed by atoms with E-state index in [1.54, 1.807) is 19.1 Å². The molecule has 2 fully saturated rings. The van der Waals surface area contributed by atoms with Crippen LogP contribution in [0.2, 0.25) is 0 Å². The molecule has 7 atom stereocenters. The predicted molar refractivity (Wildman–Crippen MR) is 193 cm³/mol. The highest BCUT2D eigenvalue weighted by Crippen LogP contribution is 2.64. The van der Waals surface area contributed by atoms with E-state index < -0.39 is 46.9 Å². The van der Waals surface area contributed by atoms with Gasteiger partial charge < -0.3 is 39.0 Å². The van der Waals surface area contributed by atoms with Crippen molar-refractivity contribution in [3.63, 3.8) is 0 Å². The molecule has 7 heterocycles. The van der Waals surface area contributed by atoms with Crippen molar-refractivity contribution in [1.82, 2.24) is 15.1 Å². The third-order valence-corrected chi connectivity index (χ3v) is 13.7. The van der Waals surface area contributed by atoms with Crippen molar-refractivity contribution in [3.8, 4) is 46.3 Å². The molecule has 282 valence electrons. The maximum Gasteiger partial charge on any atom is 0.331 e. The van der Waals surface area contributed by atoms with Crippen LogP contribution in [0, 0.1) is 25.2 Å². The van der Waals surface area contributed by atoms with E-state index in [0.717, 1.165) is 11.1 Å². The van der Waals surface area contributed by atoms with Crippen LogP contribution in [0.1, 0.15) is 68.8 Å². The Balaban J connectivity index is 1.33. The lowest BCUT2D eigenvalue weighted by atomic mass is 9.71. The molecule has 4 bridgehead atoms.